The van der Waals surface area contributed by atoms with Gasteiger partial charge in [-0.1, -0.05) is 42.6 Å². The number of benzene rings is 1. The van der Waals surface area contributed by atoms with Crippen molar-refractivity contribution in [2.75, 3.05) is 11.9 Å². The largest absolute Gasteiger partial charge is 0.381 e. The van der Waals surface area contributed by atoms with E-state index in [4.69, 9.17) is 27.9 Å². The lowest BCUT2D eigenvalue weighted by molar-refractivity contribution is 0.00598. The minimum Gasteiger partial charge on any atom is -0.381 e. The first kappa shape index (κ1) is 14.0. The summed E-state index contributed by atoms with van der Waals surface area (Å²) in [7, 11) is 0. The van der Waals surface area contributed by atoms with E-state index in [2.05, 4.69) is 12.2 Å². The number of hydrogen-bond donors (Lipinski definition) is 1. The minimum atomic E-state index is 0.374. The molecule has 0 radical (unpaired) electrons. The molecule has 2 nitrogen and oxygen atoms in total. The molecule has 18 heavy (non-hydrogen) atoms. The topological polar surface area (TPSA) is 21.3 Å². The van der Waals surface area contributed by atoms with E-state index in [0.29, 0.717) is 22.2 Å². The summed E-state index contributed by atoms with van der Waals surface area (Å²) in [5.74, 6) is 0. The molecule has 0 bridgehead atoms. The molecule has 1 aromatic carbocycles. The third-order valence-corrected chi connectivity index (χ3v) is 4.11. The van der Waals surface area contributed by atoms with Gasteiger partial charge in [0.15, 0.2) is 0 Å². The van der Waals surface area contributed by atoms with E-state index < -0.39 is 0 Å². The van der Waals surface area contributed by atoms with Gasteiger partial charge in [-0.05, 0) is 31.4 Å². The maximum Gasteiger partial charge on any atom is 0.0823 e. The Hall–Kier alpha value is -0.440. The number of anilines is 1. The second-order valence-corrected chi connectivity index (χ2v) is 5.53. The average Bonchev–Trinajstić information content (AvgIpc) is 2.36. The Bertz CT molecular complexity index is 395. The van der Waals surface area contributed by atoms with Crippen molar-refractivity contribution in [3.63, 3.8) is 0 Å². The van der Waals surface area contributed by atoms with E-state index in [1.165, 1.54) is 0 Å². The van der Waals surface area contributed by atoms with Crippen molar-refractivity contribution in [2.45, 2.75) is 44.8 Å². The van der Waals surface area contributed by atoms with Crippen LogP contribution in [-0.2, 0) is 4.74 Å². The molecule has 0 aliphatic carbocycles. The van der Waals surface area contributed by atoms with Crippen LogP contribution in [0.3, 0.4) is 0 Å². The molecular formula is C14H19Cl2NO. The quantitative estimate of drug-likeness (QED) is 0.863. The van der Waals surface area contributed by atoms with Gasteiger partial charge >= 0.3 is 0 Å². The third-order valence-electron chi connectivity index (χ3n) is 3.29. The van der Waals surface area contributed by atoms with Crippen LogP contribution >= 0.6 is 23.2 Å². The molecule has 1 heterocycles. The molecular weight excluding hydrogens is 269 g/mol. The summed E-state index contributed by atoms with van der Waals surface area (Å²) in [5, 5.41) is 4.69. The SMILES string of the molecule is CCCC1CC(Nc2cccc(Cl)c2Cl)CCO1. The summed E-state index contributed by atoms with van der Waals surface area (Å²) in [6.45, 7) is 3.01. The van der Waals surface area contributed by atoms with Crippen LogP contribution in [0.15, 0.2) is 18.2 Å². The van der Waals surface area contributed by atoms with Crippen LogP contribution in [0, 0.1) is 0 Å². The molecule has 0 spiro atoms. The maximum absolute atomic E-state index is 6.18. The molecule has 2 atom stereocenters. The van der Waals surface area contributed by atoms with Crippen molar-refractivity contribution < 1.29 is 4.74 Å². The predicted octanol–water partition coefficient (Wildman–Crippen LogP) is 4.75. The minimum absolute atomic E-state index is 0.374. The summed E-state index contributed by atoms with van der Waals surface area (Å²) >= 11 is 12.2. The van der Waals surface area contributed by atoms with Crippen molar-refractivity contribution in [1.82, 2.24) is 0 Å². The van der Waals surface area contributed by atoms with Crippen molar-refractivity contribution in [3.8, 4) is 0 Å². The van der Waals surface area contributed by atoms with Crippen LogP contribution in [0.25, 0.3) is 0 Å². The zero-order valence-corrected chi connectivity index (χ0v) is 12.1. The average molecular weight is 288 g/mol. The van der Waals surface area contributed by atoms with Gasteiger partial charge in [0.25, 0.3) is 0 Å². The smallest absolute Gasteiger partial charge is 0.0823 e. The van der Waals surface area contributed by atoms with Gasteiger partial charge in [0.1, 0.15) is 0 Å². The first-order valence-electron chi connectivity index (χ1n) is 6.53. The zero-order valence-electron chi connectivity index (χ0n) is 10.6. The molecule has 1 fully saturated rings. The van der Waals surface area contributed by atoms with Crippen molar-refractivity contribution >= 4 is 28.9 Å². The number of nitrogens with one attached hydrogen (secondary N) is 1. The Labute approximate surface area is 119 Å². The first-order chi connectivity index (χ1) is 8.70. The fourth-order valence-electron chi connectivity index (χ4n) is 2.37. The lowest BCUT2D eigenvalue weighted by Crippen LogP contribution is -2.34. The molecule has 100 valence electrons. The van der Waals surface area contributed by atoms with Crippen molar-refractivity contribution in [3.05, 3.63) is 28.2 Å². The fourth-order valence-corrected chi connectivity index (χ4v) is 2.72. The van der Waals surface area contributed by atoms with Gasteiger partial charge in [-0.25, -0.2) is 0 Å². The summed E-state index contributed by atoms with van der Waals surface area (Å²) in [6, 6.07) is 6.11. The van der Waals surface area contributed by atoms with E-state index in [9.17, 15) is 0 Å². The van der Waals surface area contributed by atoms with Gasteiger partial charge in [0.05, 0.1) is 21.8 Å². The lowest BCUT2D eigenvalue weighted by Gasteiger charge is -2.31. The molecule has 4 heteroatoms. The van der Waals surface area contributed by atoms with E-state index >= 15 is 0 Å². The standard InChI is InChI=1S/C14H19Cl2NO/c1-2-4-11-9-10(7-8-18-11)17-13-6-3-5-12(15)14(13)16/h3,5-6,10-11,17H,2,4,7-9H2,1H3. The normalized spacial score (nSPS) is 23.9. The lowest BCUT2D eigenvalue weighted by atomic mass is 10.00. The second kappa shape index (κ2) is 6.65. The van der Waals surface area contributed by atoms with E-state index in [0.717, 1.165) is 38.0 Å². The predicted molar refractivity (Wildman–Crippen MR) is 77.8 cm³/mol. The molecule has 2 rings (SSSR count). The van der Waals surface area contributed by atoms with Crippen LogP contribution in [0.2, 0.25) is 10.0 Å². The third kappa shape index (κ3) is 3.53. The Morgan fingerprint density at radius 1 is 1.39 bits per heavy atom. The Balaban J connectivity index is 1.98. The molecule has 1 aromatic rings. The molecule has 1 N–H and O–H groups in total. The second-order valence-electron chi connectivity index (χ2n) is 4.75. The molecule has 0 aromatic heterocycles. The number of rotatable bonds is 4. The van der Waals surface area contributed by atoms with Crippen LogP contribution in [-0.4, -0.2) is 18.8 Å². The first-order valence-corrected chi connectivity index (χ1v) is 7.28. The zero-order chi connectivity index (χ0) is 13.0. The van der Waals surface area contributed by atoms with Gasteiger partial charge in [0.2, 0.25) is 0 Å². The van der Waals surface area contributed by atoms with Crippen LogP contribution in [0.1, 0.15) is 32.6 Å². The number of ether oxygens (including phenoxy) is 1. The van der Waals surface area contributed by atoms with Crippen LogP contribution in [0.4, 0.5) is 5.69 Å². The van der Waals surface area contributed by atoms with Gasteiger partial charge in [0, 0.05) is 12.6 Å². The van der Waals surface area contributed by atoms with Gasteiger partial charge in [-0.15, -0.1) is 0 Å². The van der Waals surface area contributed by atoms with Crippen molar-refractivity contribution in [1.29, 1.82) is 0 Å². The van der Waals surface area contributed by atoms with E-state index in [-0.39, 0.29) is 0 Å². The highest BCUT2D eigenvalue weighted by Crippen LogP contribution is 2.31. The van der Waals surface area contributed by atoms with Gasteiger partial charge in [-0.3, -0.25) is 0 Å². The molecule has 2 unspecified atom stereocenters. The Kier molecular flexibility index (Phi) is 5.16. The summed E-state index contributed by atoms with van der Waals surface area (Å²) in [6.07, 6.45) is 4.72. The maximum atomic E-state index is 6.18. The molecule has 0 amide bonds. The monoisotopic (exact) mass is 287 g/mol. The summed E-state index contributed by atoms with van der Waals surface area (Å²) < 4.78 is 5.74. The molecule has 1 aliphatic heterocycles. The molecule has 1 saturated heterocycles. The Morgan fingerprint density at radius 3 is 3.00 bits per heavy atom. The number of hydrogen-bond acceptors (Lipinski definition) is 2. The van der Waals surface area contributed by atoms with Crippen LogP contribution in [0.5, 0.6) is 0 Å². The van der Waals surface area contributed by atoms with Crippen molar-refractivity contribution in [2.24, 2.45) is 0 Å². The van der Waals surface area contributed by atoms with Crippen LogP contribution < -0.4 is 5.32 Å². The highest BCUT2D eigenvalue weighted by Gasteiger charge is 2.22. The summed E-state index contributed by atoms with van der Waals surface area (Å²) in [5.41, 5.74) is 0.923. The molecule has 0 saturated carbocycles. The fraction of sp³-hybridized carbons (Fsp3) is 0.571. The van der Waals surface area contributed by atoms with Gasteiger partial charge in [-0.2, -0.15) is 0 Å². The van der Waals surface area contributed by atoms with E-state index in [1.807, 2.05) is 12.1 Å². The highest BCUT2D eigenvalue weighted by atomic mass is 35.5. The molecule has 1 aliphatic rings. The van der Waals surface area contributed by atoms with Gasteiger partial charge < -0.3 is 10.1 Å². The summed E-state index contributed by atoms with van der Waals surface area (Å²) in [4.78, 5) is 0. The number of halogens is 2. The highest BCUT2D eigenvalue weighted by molar-refractivity contribution is 6.43. The van der Waals surface area contributed by atoms with E-state index in [1.54, 1.807) is 6.07 Å². The Morgan fingerprint density at radius 2 is 2.22 bits per heavy atom.